The van der Waals surface area contributed by atoms with Crippen molar-refractivity contribution in [3.8, 4) is 0 Å². The van der Waals surface area contributed by atoms with Gasteiger partial charge in [-0.1, -0.05) is 17.7 Å². The number of hydrogen-bond acceptors (Lipinski definition) is 1. The van der Waals surface area contributed by atoms with Gasteiger partial charge in [0.15, 0.2) is 0 Å². The minimum Gasteiger partial charge on any atom is -0.307 e. The molecule has 0 aliphatic heterocycles. The molecule has 0 amide bonds. The molecule has 0 bridgehead atoms. The maximum absolute atomic E-state index is 3.65. The SMILES string of the molecule is Cc1cc(C)c(CNC2(C)CC2)c(C)c1. The van der Waals surface area contributed by atoms with E-state index in [9.17, 15) is 0 Å². The minimum atomic E-state index is 0.434. The molecule has 0 spiro atoms. The lowest BCUT2D eigenvalue weighted by Crippen LogP contribution is -2.27. The largest absolute Gasteiger partial charge is 0.307 e. The fourth-order valence-electron chi connectivity index (χ4n) is 2.15. The lowest BCUT2D eigenvalue weighted by Gasteiger charge is -2.15. The van der Waals surface area contributed by atoms with E-state index >= 15 is 0 Å². The molecule has 0 atom stereocenters. The second-order valence-electron chi connectivity index (χ2n) is 5.29. The van der Waals surface area contributed by atoms with Crippen LogP contribution in [-0.4, -0.2) is 5.54 Å². The van der Waals surface area contributed by atoms with Crippen LogP contribution in [0.3, 0.4) is 0 Å². The minimum absolute atomic E-state index is 0.434. The number of hydrogen-bond donors (Lipinski definition) is 1. The summed E-state index contributed by atoms with van der Waals surface area (Å²) in [7, 11) is 0. The Hall–Kier alpha value is -0.820. The summed E-state index contributed by atoms with van der Waals surface area (Å²) in [6.07, 6.45) is 2.66. The normalized spacial score (nSPS) is 17.9. The predicted molar refractivity (Wildman–Crippen MR) is 65.1 cm³/mol. The molecule has 1 saturated carbocycles. The summed E-state index contributed by atoms with van der Waals surface area (Å²) < 4.78 is 0. The van der Waals surface area contributed by atoms with Crippen LogP contribution in [0.2, 0.25) is 0 Å². The molecule has 1 heteroatoms. The summed E-state index contributed by atoms with van der Waals surface area (Å²) >= 11 is 0. The second-order valence-corrected chi connectivity index (χ2v) is 5.29. The monoisotopic (exact) mass is 203 g/mol. The highest BCUT2D eigenvalue weighted by molar-refractivity contribution is 5.37. The van der Waals surface area contributed by atoms with Crippen LogP contribution in [0.15, 0.2) is 12.1 Å². The smallest absolute Gasteiger partial charge is 0.0215 e. The molecule has 1 aliphatic rings. The quantitative estimate of drug-likeness (QED) is 0.795. The van der Waals surface area contributed by atoms with Gasteiger partial charge in [-0.2, -0.15) is 0 Å². The Bertz CT molecular complexity index is 352. The van der Waals surface area contributed by atoms with Gasteiger partial charge < -0.3 is 5.32 Å². The first-order valence-electron chi connectivity index (χ1n) is 5.82. The third-order valence-electron chi connectivity index (χ3n) is 3.53. The van der Waals surface area contributed by atoms with Crippen molar-refractivity contribution in [3.63, 3.8) is 0 Å². The average molecular weight is 203 g/mol. The Morgan fingerprint density at radius 3 is 2.13 bits per heavy atom. The first-order valence-corrected chi connectivity index (χ1v) is 5.82. The lowest BCUT2D eigenvalue weighted by molar-refractivity contribution is 0.535. The van der Waals surface area contributed by atoms with E-state index in [2.05, 4.69) is 45.1 Å². The van der Waals surface area contributed by atoms with Gasteiger partial charge in [0, 0.05) is 12.1 Å². The van der Waals surface area contributed by atoms with Gasteiger partial charge >= 0.3 is 0 Å². The Labute approximate surface area is 92.9 Å². The number of aryl methyl sites for hydroxylation is 3. The van der Waals surface area contributed by atoms with Crippen LogP contribution in [0.25, 0.3) is 0 Å². The van der Waals surface area contributed by atoms with Crippen LogP contribution in [0, 0.1) is 20.8 Å². The molecule has 82 valence electrons. The van der Waals surface area contributed by atoms with Crippen molar-refractivity contribution < 1.29 is 0 Å². The first-order chi connectivity index (χ1) is 7.00. The van der Waals surface area contributed by atoms with Crippen LogP contribution in [0.1, 0.15) is 42.0 Å². The van der Waals surface area contributed by atoms with E-state index in [-0.39, 0.29) is 0 Å². The van der Waals surface area contributed by atoms with E-state index in [1.54, 1.807) is 0 Å². The Kier molecular flexibility index (Phi) is 2.59. The third-order valence-corrected chi connectivity index (χ3v) is 3.53. The Balaban J connectivity index is 2.13. The molecule has 0 radical (unpaired) electrons. The second kappa shape index (κ2) is 3.64. The van der Waals surface area contributed by atoms with Gasteiger partial charge in [0.1, 0.15) is 0 Å². The number of rotatable bonds is 3. The van der Waals surface area contributed by atoms with Gasteiger partial charge in [-0.05, 0) is 57.2 Å². The van der Waals surface area contributed by atoms with E-state index in [1.165, 1.54) is 35.1 Å². The molecule has 0 unspecified atom stereocenters. The molecule has 1 aromatic carbocycles. The van der Waals surface area contributed by atoms with Crippen molar-refractivity contribution >= 4 is 0 Å². The molecule has 15 heavy (non-hydrogen) atoms. The van der Waals surface area contributed by atoms with Crippen LogP contribution in [-0.2, 0) is 6.54 Å². The predicted octanol–water partition coefficient (Wildman–Crippen LogP) is 3.25. The van der Waals surface area contributed by atoms with Crippen molar-refractivity contribution in [2.75, 3.05) is 0 Å². The average Bonchev–Trinajstić information content (AvgIpc) is 2.82. The molecular formula is C14H21N. The van der Waals surface area contributed by atoms with Crippen molar-refractivity contribution in [1.29, 1.82) is 0 Å². The van der Waals surface area contributed by atoms with E-state index < -0.39 is 0 Å². The zero-order valence-corrected chi connectivity index (χ0v) is 10.3. The fraction of sp³-hybridized carbons (Fsp3) is 0.571. The van der Waals surface area contributed by atoms with Gasteiger partial charge in [-0.25, -0.2) is 0 Å². The van der Waals surface area contributed by atoms with Gasteiger partial charge in [0.25, 0.3) is 0 Å². The molecule has 1 fully saturated rings. The van der Waals surface area contributed by atoms with Crippen molar-refractivity contribution in [3.05, 3.63) is 34.4 Å². The lowest BCUT2D eigenvalue weighted by atomic mass is 9.99. The highest BCUT2D eigenvalue weighted by Crippen LogP contribution is 2.34. The topological polar surface area (TPSA) is 12.0 Å². The van der Waals surface area contributed by atoms with Crippen LogP contribution in [0.5, 0.6) is 0 Å². The van der Waals surface area contributed by atoms with Crippen LogP contribution < -0.4 is 5.32 Å². The van der Waals surface area contributed by atoms with Gasteiger partial charge in [0.2, 0.25) is 0 Å². The van der Waals surface area contributed by atoms with Crippen molar-refractivity contribution in [2.24, 2.45) is 0 Å². The molecule has 1 aromatic rings. The van der Waals surface area contributed by atoms with E-state index in [1.807, 2.05) is 0 Å². The molecule has 0 saturated heterocycles. The number of nitrogens with one attached hydrogen (secondary N) is 1. The van der Waals surface area contributed by atoms with Crippen LogP contribution >= 0.6 is 0 Å². The number of benzene rings is 1. The van der Waals surface area contributed by atoms with E-state index in [4.69, 9.17) is 0 Å². The molecule has 2 rings (SSSR count). The standard InChI is InChI=1S/C14H21N/c1-10-7-11(2)13(12(3)8-10)9-15-14(4)5-6-14/h7-8,15H,5-6,9H2,1-4H3. The summed E-state index contributed by atoms with van der Waals surface area (Å²) in [6, 6.07) is 4.55. The van der Waals surface area contributed by atoms with E-state index in [0.717, 1.165) is 6.54 Å². The highest BCUT2D eigenvalue weighted by atomic mass is 15.0. The van der Waals surface area contributed by atoms with E-state index in [0.29, 0.717) is 5.54 Å². The van der Waals surface area contributed by atoms with Gasteiger partial charge in [-0.3, -0.25) is 0 Å². The third kappa shape index (κ3) is 2.40. The molecule has 1 aliphatic carbocycles. The van der Waals surface area contributed by atoms with Crippen molar-refractivity contribution in [2.45, 2.75) is 52.6 Å². The molecule has 0 aromatic heterocycles. The zero-order valence-electron chi connectivity index (χ0n) is 10.3. The Morgan fingerprint density at radius 1 is 1.13 bits per heavy atom. The van der Waals surface area contributed by atoms with Crippen molar-refractivity contribution in [1.82, 2.24) is 5.32 Å². The molecule has 1 nitrogen and oxygen atoms in total. The zero-order chi connectivity index (χ0) is 11.1. The first kappa shape index (κ1) is 10.7. The molecular weight excluding hydrogens is 182 g/mol. The Morgan fingerprint density at radius 2 is 1.67 bits per heavy atom. The molecule has 1 N–H and O–H groups in total. The summed E-state index contributed by atoms with van der Waals surface area (Å²) in [5.74, 6) is 0. The summed E-state index contributed by atoms with van der Waals surface area (Å²) in [5.41, 5.74) is 6.12. The molecule has 0 heterocycles. The van der Waals surface area contributed by atoms with Gasteiger partial charge in [0.05, 0.1) is 0 Å². The summed E-state index contributed by atoms with van der Waals surface area (Å²) in [5, 5.41) is 3.65. The maximum atomic E-state index is 3.65. The maximum Gasteiger partial charge on any atom is 0.0215 e. The summed E-state index contributed by atoms with van der Waals surface area (Å²) in [4.78, 5) is 0. The van der Waals surface area contributed by atoms with Gasteiger partial charge in [-0.15, -0.1) is 0 Å². The van der Waals surface area contributed by atoms with Crippen LogP contribution in [0.4, 0.5) is 0 Å². The highest BCUT2D eigenvalue weighted by Gasteiger charge is 2.36. The summed E-state index contributed by atoms with van der Waals surface area (Å²) in [6.45, 7) is 9.93. The fourth-order valence-corrected chi connectivity index (χ4v) is 2.15.